The lowest BCUT2D eigenvalue weighted by molar-refractivity contribution is 0.458. The third-order valence-electron chi connectivity index (χ3n) is 4.13. The Hall–Kier alpha value is -0.640. The van der Waals surface area contributed by atoms with Gasteiger partial charge in [0, 0.05) is 21.3 Å². The quantitative estimate of drug-likeness (QED) is 0.874. The number of rotatable bonds is 4. The fraction of sp³-hybridized carbons (Fsp3) is 0.375. The molecular formula is C16H18BrNS. The van der Waals surface area contributed by atoms with E-state index in [1.54, 1.807) is 5.56 Å². The molecule has 2 unspecified atom stereocenters. The number of likely N-dealkylation sites (N-methyl/N-ethyl adjacent to an activating group) is 1. The molecule has 0 fully saturated rings. The van der Waals surface area contributed by atoms with E-state index in [1.165, 1.54) is 27.8 Å². The number of hydrogen-bond donors (Lipinski definition) is 1. The fourth-order valence-corrected chi connectivity index (χ4v) is 4.70. The van der Waals surface area contributed by atoms with Gasteiger partial charge in [0.25, 0.3) is 0 Å². The monoisotopic (exact) mass is 335 g/mol. The van der Waals surface area contributed by atoms with Crippen molar-refractivity contribution < 1.29 is 0 Å². The van der Waals surface area contributed by atoms with Gasteiger partial charge in [0.1, 0.15) is 0 Å². The molecule has 0 aliphatic heterocycles. The SMILES string of the molecule is CNC(Cc1sccc1Br)C1CCc2ccccc21. The molecule has 3 rings (SSSR count). The van der Waals surface area contributed by atoms with E-state index in [0.717, 1.165) is 6.42 Å². The highest BCUT2D eigenvalue weighted by atomic mass is 79.9. The maximum atomic E-state index is 3.65. The number of aryl methyl sites for hydroxylation is 1. The van der Waals surface area contributed by atoms with Crippen LogP contribution in [0.5, 0.6) is 0 Å². The second kappa shape index (κ2) is 5.78. The van der Waals surface area contributed by atoms with Crippen LogP contribution in [0.3, 0.4) is 0 Å². The lowest BCUT2D eigenvalue weighted by Crippen LogP contribution is -2.33. The topological polar surface area (TPSA) is 12.0 Å². The molecule has 1 N–H and O–H groups in total. The third kappa shape index (κ3) is 2.64. The number of nitrogens with one attached hydrogen (secondary N) is 1. The van der Waals surface area contributed by atoms with Crippen molar-refractivity contribution in [1.82, 2.24) is 5.32 Å². The number of benzene rings is 1. The molecule has 0 bridgehead atoms. The van der Waals surface area contributed by atoms with Crippen molar-refractivity contribution in [3.05, 3.63) is 56.2 Å². The van der Waals surface area contributed by atoms with Crippen LogP contribution in [0.2, 0.25) is 0 Å². The molecule has 1 aromatic heterocycles. The van der Waals surface area contributed by atoms with Gasteiger partial charge in [0.15, 0.2) is 0 Å². The first-order valence-electron chi connectivity index (χ1n) is 6.76. The predicted molar refractivity (Wildman–Crippen MR) is 86.1 cm³/mol. The zero-order valence-electron chi connectivity index (χ0n) is 11.0. The highest BCUT2D eigenvalue weighted by Gasteiger charge is 2.29. The van der Waals surface area contributed by atoms with Crippen molar-refractivity contribution in [1.29, 1.82) is 0 Å². The molecule has 3 heteroatoms. The molecular weight excluding hydrogens is 318 g/mol. The Labute approximate surface area is 127 Å². The Bertz CT molecular complexity index is 563. The van der Waals surface area contributed by atoms with Crippen molar-refractivity contribution in [3.8, 4) is 0 Å². The van der Waals surface area contributed by atoms with E-state index in [1.807, 2.05) is 11.3 Å². The predicted octanol–water partition coefficient (Wildman–Crippen LogP) is 4.37. The first-order chi connectivity index (χ1) is 9.29. The van der Waals surface area contributed by atoms with E-state index in [9.17, 15) is 0 Å². The molecule has 1 aromatic carbocycles. The highest BCUT2D eigenvalue weighted by Crippen LogP contribution is 2.37. The van der Waals surface area contributed by atoms with Crippen LogP contribution < -0.4 is 5.32 Å². The minimum atomic E-state index is 0.526. The lowest BCUT2D eigenvalue weighted by Gasteiger charge is -2.24. The molecule has 1 heterocycles. The minimum Gasteiger partial charge on any atom is -0.316 e. The molecule has 2 atom stereocenters. The average molecular weight is 336 g/mol. The van der Waals surface area contributed by atoms with Crippen molar-refractivity contribution >= 4 is 27.3 Å². The molecule has 19 heavy (non-hydrogen) atoms. The van der Waals surface area contributed by atoms with Gasteiger partial charge in [-0.3, -0.25) is 0 Å². The smallest absolute Gasteiger partial charge is 0.0314 e. The van der Waals surface area contributed by atoms with Crippen molar-refractivity contribution in [3.63, 3.8) is 0 Å². The summed E-state index contributed by atoms with van der Waals surface area (Å²) < 4.78 is 1.25. The number of hydrogen-bond acceptors (Lipinski definition) is 2. The van der Waals surface area contributed by atoms with Gasteiger partial charge in [0.05, 0.1) is 0 Å². The van der Waals surface area contributed by atoms with Crippen LogP contribution in [0.15, 0.2) is 40.2 Å². The molecule has 0 saturated carbocycles. The van der Waals surface area contributed by atoms with Gasteiger partial charge in [-0.25, -0.2) is 0 Å². The lowest BCUT2D eigenvalue weighted by atomic mass is 9.91. The molecule has 0 spiro atoms. The largest absolute Gasteiger partial charge is 0.316 e. The second-order valence-electron chi connectivity index (χ2n) is 5.13. The van der Waals surface area contributed by atoms with Crippen LogP contribution in [0.1, 0.15) is 28.3 Å². The van der Waals surface area contributed by atoms with Crippen LogP contribution in [0.4, 0.5) is 0 Å². The van der Waals surface area contributed by atoms with E-state index in [2.05, 4.69) is 64.0 Å². The normalized spacial score (nSPS) is 19.4. The Balaban J connectivity index is 1.82. The number of thiophene rings is 1. The molecule has 1 nitrogen and oxygen atoms in total. The van der Waals surface area contributed by atoms with E-state index in [-0.39, 0.29) is 0 Å². The van der Waals surface area contributed by atoms with Crippen molar-refractivity contribution in [2.75, 3.05) is 7.05 Å². The zero-order valence-corrected chi connectivity index (χ0v) is 13.4. The maximum absolute atomic E-state index is 3.65. The summed E-state index contributed by atoms with van der Waals surface area (Å²) in [6, 6.07) is 11.6. The van der Waals surface area contributed by atoms with Gasteiger partial charge in [-0.2, -0.15) is 0 Å². The Morgan fingerprint density at radius 2 is 2.21 bits per heavy atom. The molecule has 1 aliphatic carbocycles. The van der Waals surface area contributed by atoms with Crippen molar-refractivity contribution in [2.24, 2.45) is 0 Å². The number of halogens is 1. The van der Waals surface area contributed by atoms with E-state index in [0.29, 0.717) is 12.0 Å². The molecule has 0 radical (unpaired) electrons. The maximum Gasteiger partial charge on any atom is 0.0314 e. The summed E-state index contributed by atoms with van der Waals surface area (Å²) in [7, 11) is 2.09. The van der Waals surface area contributed by atoms with E-state index in [4.69, 9.17) is 0 Å². The summed E-state index contributed by atoms with van der Waals surface area (Å²) in [5, 5.41) is 5.70. The van der Waals surface area contributed by atoms with Gasteiger partial charge < -0.3 is 5.32 Å². The van der Waals surface area contributed by atoms with Crippen LogP contribution in [-0.2, 0) is 12.8 Å². The summed E-state index contributed by atoms with van der Waals surface area (Å²) in [6.07, 6.45) is 3.60. The summed E-state index contributed by atoms with van der Waals surface area (Å²) >= 11 is 5.49. The molecule has 2 aromatic rings. The van der Waals surface area contributed by atoms with Gasteiger partial charge >= 0.3 is 0 Å². The van der Waals surface area contributed by atoms with E-state index < -0.39 is 0 Å². The van der Waals surface area contributed by atoms with Crippen LogP contribution in [0.25, 0.3) is 0 Å². The van der Waals surface area contributed by atoms with Crippen LogP contribution >= 0.6 is 27.3 Å². The van der Waals surface area contributed by atoms with Gasteiger partial charge in [-0.05, 0) is 64.8 Å². The molecule has 1 aliphatic rings. The van der Waals surface area contributed by atoms with E-state index >= 15 is 0 Å². The summed E-state index contributed by atoms with van der Waals surface area (Å²) in [5.41, 5.74) is 3.09. The fourth-order valence-electron chi connectivity index (χ4n) is 3.12. The van der Waals surface area contributed by atoms with Gasteiger partial charge in [0.2, 0.25) is 0 Å². The van der Waals surface area contributed by atoms with Gasteiger partial charge in [-0.15, -0.1) is 11.3 Å². The van der Waals surface area contributed by atoms with Crippen molar-refractivity contribution in [2.45, 2.75) is 31.2 Å². The molecule has 0 saturated heterocycles. The third-order valence-corrected chi connectivity index (χ3v) is 6.08. The molecule has 100 valence electrons. The highest BCUT2D eigenvalue weighted by molar-refractivity contribution is 9.10. The second-order valence-corrected chi connectivity index (χ2v) is 6.99. The minimum absolute atomic E-state index is 0.526. The van der Waals surface area contributed by atoms with Gasteiger partial charge in [-0.1, -0.05) is 24.3 Å². The average Bonchev–Trinajstić information content (AvgIpc) is 3.03. The summed E-state index contributed by atoms with van der Waals surface area (Å²) in [5.74, 6) is 0.648. The Morgan fingerprint density at radius 3 is 2.95 bits per heavy atom. The van der Waals surface area contributed by atoms with Crippen LogP contribution in [0, 0.1) is 0 Å². The standard InChI is InChI=1S/C16H18BrNS/c1-18-15(10-16-14(17)8-9-19-16)13-7-6-11-4-2-3-5-12(11)13/h2-5,8-9,13,15,18H,6-7,10H2,1H3. The Morgan fingerprint density at radius 1 is 1.37 bits per heavy atom. The molecule has 0 amide bonds. The van der Waals surface area contributed by atoms with Crippen LogP contribution in [-0.4, -0.2) is 13.1 Å². The summed E-state index contributed by atoms with van der Waals surface area (Å²) in [6.45, 7) is 0. The first-order valence-corrected chi connectivity index (χ1v) is 8.44. The zero-order chi connectivity index (χ0) is 13.2. The number of fused-ring (bicyclic) bond motifs is 1. The first kappa shape index (κ1) is 13.3. The summed E-state index contributed by atoms with van der Waals surface area (Å²) in [4.78, 5) is 1.45. The Kier molecular flexibility index (Phi) is 4.06.